The topological polar surface area (TPSA) is 39.1 Å². The lowest BCUT2D eigenvalue weighted by Gasteiger charge is -2.24. The van der Waals surface area contributed by atoms with Crippen molar-refractivity contribution in [1.29, 1.82) is 0 Å². The Morgan fingerprint density at radius 2 is 2.10 bits per heavy atom. The molecule has 0 aliphatic carbocycles. The lowest BCUT2D eigenvalue weighted by molar-refractivity contribution is 0.415. The normalized spacial score (nSPS) is 19.0. The minimum atomic E-state index is 0.549. The van der Waals surface area contributed by atoms with Gasteiger partial charge in [-0.1, -0.05) is 12.1 Å². The Balaban J connectivity index is 1.96. The molecule has 0 radical (unpaired) electrons. The van der Waals surface area contributed by atoms with Crippen molar-refractivity contribution in [1.82, 2.24) is 15.1 Å². The number of methoxy groups -OCH3 is 1. The maximum absolute atomic E-state index is 5.23. The highest BCUT2D eigenvalue weighted by Crippen LogP contribution is 2.33. The molecule has 1 unspecified atom stereocenters. The van der Waals surface area contributed by atoms with E-state index < -0.39 is 0 Å². The molecule has 1 aliphatic heterocycles. The molecule has 106 valence electrons. The summed E-state index contributed by atoms with van der Waals surface area (Å²) in [6.07, 6.45) is 4.44. The van der Waals surface area contributed by atoms with Gasteiger partial charge in [-0.2, -0.15) is 5.10 Å². The average molecular weight is 271 g/mol. The molecule has 0 bridgehead atoms. The quantitative estimate of drug-likeness (QED) is 0.932. The van der Waals surface area contributed by atoms with Crippen LogP contribution >= 0.6 is 0 Å². The maximum Gasteiger partial charge on any atom is 0.118 e. The fourth-order valence-corrected chi connectivity index (χ4v) is 3.01. The van der Waals surface area contributed by atoms with Crippen molar-refractivity contribution in [3.8, 4) is 16.9 Å². The third-order valence-corrected chi connectivity index (χ3v) is 4.07. The highest BCUT2D eigenvalue weighted by molar-refractivity contribution is 5.66. The lowest BCUT2D eigenvalue weighted by Crippen LogP contribution is -2.29. The van der Waals surface area contributed by atoms with E-state index >= 15 is 0 Å². The monoisotopic (exact) mass is 271 g/mol. The van der Waals surface area contributed by atoms with Crippen LogP contribution < -0.4 is 10.1 Å². The van der Waals surface area contributed by atoms with Gasteiger partial charge in [0.2, 0.25) is 0 Å². The zero-order chi connectivity index (χ0) is 13.9. The Bertz CT molecular complexity index is 568. The largest absolute Gasteiger partial charge is 0.497 e. The van der Waals surface area contributed by atoms with Crippen LogP contribution in [0, 0.1) is 0 Å². The van der Waals surface area contributed by atoms with Gasteiger partial charge in [-0.15, -0.1) is 0 Å². The Labute approximate surface area is 119 Å². The second-order valence-electron chi connectivity index (χ2n) is 5.34. The number of nitrogens with zero attached hydrogens (tertiary/aromatic N) is 2. The van der Waals surface area contributed by atoms with Crippen molar-refractivity contribution < 1.29 is 4.74 Å². The maximum atomic E-state index is 5.23. The van der Waals surface area contributed by atoms with Gasteiger partial charge in [0, 0.05) is 25.1 Å². The fraction of sp³-hybridized carbons (Fsp3) is 0.438. The molecule has 0 amide bonds. The Kier molecular flexibility index (Phi) is 3.74. The number of ether oxygens (including phenoxy) is 1. The molecule has 1 N–H and O–H groups in total. The van der Waals surface area contributed by atoms with Crippen molar-refractivity contribution in [3.63, 3.8) is 0 Å². The van der Waals surface area contributed by atoms with Crippen LogP contribution in [0.2, 0.25) is 0 Å². The number of benzene rings is 1. The van der Waals surface area contributed by atoms with Crippen LogP contribution in [-0.2, 0) is 7.05 Å². The van der Waals surface area contributed by atoms with Crippen LogP contribution in [0.3, 0.4) is 0 Å². The van der Waals surface area contributed by atoms with Crippen molar-refractivity contribution in [2.24, 2.45) is 7.05 Å². The van der Waals surface area contributed by atoms with Gasteiger partial charge < -0.3 is 10.1 Å². The van der Waals surface area contributed by atoms with E-state index in [1.165, 1.54) is 29.7 Å². The SMILES string of the molecule is COc1ccc(-c2cnn(C)c2C2CCCNC2)cc1. The van der Waals surface area contributed by atoms with Crippen molar-refractivity contribution >= 4 is 0 Å². The van der Waals surface area contributed by atoms with Crippen molar-refractivity contribution in [2.45, 2.75) is 18.8 Å². The van der Waals surface area contributed by atoms with Gasteiger partial charge in [-0.05, 0) is 37.1 Å². The summed E-state index contributed by atoms with van der Waals surface area (Å²) < 4.78 is 7.25. The smallest absolute Gasteiger partial charge is 0.118 e. The second-order valence-corrected chi connectivity index (χ2v) is 5.34. The Morgan fingerprint density at radius 3 is 2.75 bits per heavy atom. The van der Waals surface area contributed by atoms with Crippen LogP contribution in [0.5, 0.6) is 5.75 Å². The number of aromatic nitrogens is 2. The van der Waals surface area contributed by atoms with E-state index in [0.29, 0.717) is 5.92 Å². The average Bonchev–Trinajstić information content (AvgIpc) is 2.90. The Morgan fingerprint density at radius 1 is 1.30 bits per heavy atom. The van der Waals surface area contributed by atoms with E-state index in [0.717, 1.165) is 18.8 Å². The predicted octanol–water partition coefficient (Wildman–Crippen LogP) is 2.56. The van der Waals surface area contributed by atoms with Crippen LogP contribution in [0.25, 0.3) is 11.1 Å². The van der Waals surface area contributed by atoms with Crippen molar-refractivity contribution in [2.75, 3.05) is 20.2 Å². The van der Waals surface area contributed by atoms with Crippen LogP contribution in [0.4, 0.5) is 0 Å². The summed E-state index contributed by atoms with van der Waals surface area (Å²) in [5.74, 6) is 1.44. The Hall–Kier alpha value is -1.81. The molecule has 3 rings (SSSR count). The van der Waals surface area contributed by atoms with Crippen LogP contribution in [0.1, 0.15) is 24.5 Å². The number of hydrogen-bond donors (Lipinski definition) is 1. The summed E-state index contributed by atoms with van der Waals surface area (Å²) in [6.45, 7) is 2.18. The number of hydrogen-bond acceptors (Lipinski definition) is 3. The first-order chi connectivity index (χ1) is 9.79. The number of nitrogens with one attached hydrogen (secondary N) is 1. The van der Waals surface area contributed by atoms with Crippen molar-refractivity contribution in [3.05, 3.63) is 36.2 Å². The summed E-state index contributed by atoms with van der Waals surface area (Å²) in [7, 11) is 3.73. The van der Waals surface area contributed by atoms with E-state index in [9.17, 15) is 0 Å². The summed E-state index contributed by atoms with van der Waals surface area (Å²) in [4.78, 5) is 0. The predicted molar refractivity (Wildman–Crippen MR) is 80.0 cm³/mol. The summed E-state index contributed by atoms with van der Waals surface area (Å²) >= 11 is 0. The molecule has 1 fully saturated rings. The molecule has 1 saturated heterocycles. The van der Waals surface area contributed by atoms with Gasteiger partial charge in [-0.25, -0.2) is 0 Å². The zero-order valence-corrected chi connectivity index (χ0v) is 12.1. The molecule has 2 heterocycles. The van der Waals surface area contributed by atoms with Gasteiger partial charge in [0.15, 0.2) is 0 Å². The first-order valence-electron chi connectivity index (χ1n) is 7.16. The molecular weight excluding hydrogens is 250 g/mol. The summed E-state index contributed by atoms with van der Waals surface area (Å²) in [5.41, 5.74) is 3.78. The highest BCUT2D eigenvalue weighted by atomic mass is 16.5. The molecule has 4 heteroatoms. The molecule has 0 saturated carbocycles. The fourth-order valence-electron chi connectivity index (χ4n) is 3.01. The summed E-state index contributed by atoms with van der Waals surface area (Å²) in [6, 6.07) is 8.22. The van der Waals surface area contributed by atoms with E-state index in [1.807, 2.05) is 30.1 Å². The summed E-state index contributed by atoms with van der Waals surface area (Å²) in [5, 5.41) is 7.95. The van der Waals surface area contributed by atoms with Gasteiger partial charge in [0.1, 0.15) is 5.75 Å². The molecular formula is C16H21N3O. The van der Waals surface area contributed by atoms with Gasteiger partial charge in [0.05, 0.1) is 19.0 Å². The van der Waals surface area contributed by atoms with E-state index in [-0.39, 0.29) is 0 Å². The van der Waals surface area contributed by atoms with Gasteiger partial charge >= 0.3 is 0 Å². The molecule has 2 aromatic rings. The van der Waals surface area contributed by atoms with Gasteiger partial charge in [-0.3, -0.25) is 4.68 Å². The molecule has 20 heavy (non-hydrogen) atoms. The minimum Gasteiger partial charge on any atom is -0.497 e. The molecule has 1 aromatic carbocycles. The van der Waals surface area contributed by atoms with Crippen LogP contribution in [-0.4, -0.2) is 30.0 Å². The number of rotatable bonds is 3. The number of piperidine rings is 1. The third kappa shape index (κ3) is 2.43. The van der Waals surface area contributed by atoms with E-state index in [2.05, 4.69) is 22.5 Å². The lowest BCUT2D eigenvalue weighted by atomic mass is 9.91. The molecule has 1 aliphatic rings. The second kappa shape index (κ2) is 5.67. The first-order valence-corrected chi connectivity index (χ1v) is 7.16. The van der Waals surface area contributed by atoms with E-state index in [1.54, 1.807) is 7.11 Å². The third-order valence-electron chi connectivity index (χ3n) is 4.07. The standard InChI is InChI=1S/C16H21N3O/c1-19-16(13-4-3-9-17-10-13)15(11-18-19)12-5-7-14(20-2)8-6-12/h5-8,11,13,17H,3-4,9-10H2,1-2H3. The van der Waals surface area contributed by atoms with Gasteiger partial charge in [0.25, 0.3) is 0 Å². The molecule has 1 atom stereocenters. The first kappa shape index (κ1) is 13.2. The number of aryl methyl sites for hydroxylation is 1. The van der Waals surface area contributed by atoms with Crippen LogP contribution in [0.15, 0.2) is 30.5 Å². The molecule has 1 aromatic heterocycles. The van der Waals surface area contributed by atoms with E-state index in [4.69, 9.17) is 4.74 Å². The minimum absolute atomic E-state index is 0.549. The molecule has 0 spiro atoms. The zero-order valence-electron chi connectivity index (χ0n) is 12.1. The highest BCUT2D eigenvalue weighted by Gasteiger charge is 2.22. The molecule has 4 nitrogen and oxygen atoms in total.